The van der Waals surface area contributed by atoms with Crippen LogP contribution in [-0.4, -0.2) is 34.5 Å². The van der Waals surface area contributed by atoms with Crippen molar-refractivity contribution < 1.29 is 19.1 Å². The summed E-state index contributed by atoms with van der Waals surface area (Å²) in [6.07, 6.45) is 1.37. The summed E-state index contributed by atoms with van der Waals surface area (Å²) >= 11 is 1.57. The summed E-state index contributed by atoms with van der Waals surface area (Å²) < 4.78 is 11.3. The number of carbonyl (C=O) groups is 2. The molecule has 4 aromatic rings. The van der Waals surface area contributed by atoms with Crippen molar-refractivity contribution in [1.29, 1.82) is 0 Å². The highest BCUT2D eigenvalue weighted by molar-refractivity contribution is 7.13. The van der Waals surface area contributed by atoms with Gasteiger partial charge >= 0.3 is 6.09 Å². The first-order chi connectivity index (χ1) is 18.9. The molecule has 202 valence electrons. The van der Waals surface area contributed by atoms with Crippen molar-refractivity contribution in [3.8, 4) is 16.3 Å². The predicted octanol–water partition coefficient (Wildman–Crippen LogP) is 6.69. The molecule has 3 aromatic carbocycles. The molecule has 4 rings (SSSR count). The fraction of sp³-hybridized carbons (Fsp3) is 0.258. The number of hydrogen-bond acceptors (Lipinski definition) is 6. The van der Waals surface area contributed by atoms with E-state index in [-0.39, 0.29) is 18.6 Å². The second kappa shape index (κ2) is 13.6. The minimum Gasteiger partial charge on any atom is -0.493 e. The molecule has 0 radical (unpaired) electrons. The third kappa shape index (κ3) is 7.67. The second-order valence-electron chi connectivity index (χ2n) is 9.25. The first-order valence-corrected chi connectivity index (χ1v) is 13.8. The molecule has 0 unspecified atom stereocenters. The number of thiazole rings is 1. The van der Waals surface area contributed by atoms with Gasteiger partial charge in [0.1, 0.15) is 17.4 Å². The molecule has 0 bridgehead atoms. The minimum absolute atomic E-state index is 0.0952. The molecule has 2 amide bonds. The van der Waals surface area contributed by atoms with Gasteiger partial charge in [0, 0.05) is 36.3 Å². The highest BCUT2D eigenvalue weighted by Gasteiger charge is 2.21. The van der Waals surface area contributed by atoms with Crippen LogP contribution < -0.4 is 10.1 Å². The fourth-order valence-corrected chi connectivity index (χ4v) is 4.68. The van der Waals surface area contributed by atoms with Crippen LogP contribution in [0.25, 0.3) is 10.6 Å². The van der Waals surface area contributed by atoms with Crippen molar-refractivity contribution in [3.63, 3.8) is 0 Å². The molecule has 39 heavy (non-hydrogen) atoms. The molecule has 7 nitrogen and oxygen atoms in total. The summed E-state index contributed by atoms with van der Waals surface area (Å²) in [5.41, 5.74) is 4.14. The van der Waals surface area contributed by atoms with Crippen molar-refractivity contribution in [1.82, 2.24) is 15.2 Å². The van der Waals surface area contributed by atoms with Crippen LogP contribution in [0, 0.1) is 0 Å². The lowest BCUT2D eigenvalue weighted by molar-refractivity contribution is 0.0829. The molecule has 1 heterocycles. The molecule has 0 saturated carbocycles. The highest BCUT2D eigenvalue weighted by atomic mass is 32.1. The van der Waals surface area contributed by atoms with E-state index in [1.54, 1.807) is 34.6 Å². The van der Waals surface area contributed by atoms with E-state index >= 15 is 0 Å². The number of benzene rings is 3. The molecule has 0 fully saturated rings. The highest BCUT2D eigenvalue weighted by Crippen LogP contribution is 2.24. The molecule has 0 aliphatic carbocycles. The Labute approximate surface area is 233 Å². The lowest BCUT2D eigenvalue weighted by Crippen LogP contribution is -2.36. The second-order valence-corrected chi connectivity index (χ2v) is 10.1. The topological polar surface area (TPSA) is 80.8 Å². The van der Waals surface area contributed by atoms with Crippen molar-refractivity contribution in [2.24, 2.45) is 0 Å². The first kappa shape index (κ1) is 27.9. The van der Waals surface area contributed by atoms with Gasteiger partial charge in [-0.05, 0) is 55.7 Å². The van der Waals surface area contributed by atoms with Crippen LogP contribution in [0.1, 0.15) is 47.8 Å². The van der Waals surface area contributed by atoms with Crippen LogP contribution in [0.5, 0.6) is 5.75 Å². The van der Waals surface area contributed by atoms with E-state index in [0.717, 1.165) is 27.3 Å². The molecule has 1 N–H and O–H groups in total. The Kier molecular flexibility index (Phi) is 9.69. The van der Waals surface area contributed by atoms with E-state index in [1.807, 2.05) is 86.8 Å². The third-order valence-corrected chi connectivity index (χ3v) is 6.89. The summed E-state index contributed by atoms with van der Waals surface area (Å²) in [6.45, 7) is 7.04. The zero-order chi connectivity index (χ0) is 27.6. The molecule has 0 spiro atoms. The number of hydrogen-bond donors (Lipinski definition) is 1. The standard InChI is InChI=1S/C31H33N3O4S/c1-4-37-28-14-13-25(20-34(22(2)3)31(36)38-21-23-9-6-5-7-10-23)18-27(28)29(35)33-19-24-11-8-12-26(17-24)30-32-15-16-39-30/h5-18,22H,4,19-21H2,1-3H3,(H,33,35). The largest absolute Gasteiger partial charge is 0.493 e. The Morgan fingerprint density at radius 3 is 2.49 bits per heavy atom. The SMILES string of the molecule is CCOc1ccc(CN(C(=O)OCc2ccccc2)C(C)C)cc1C(=O)NCc1cccc(-c2nccs2)c1. The van der Waals surface area contributed by atoms with Crippen molar-refractivity contribution in [2.45, 2.75) is 46.5 Å². The summed E-state index contributed by atoms with van der Waals surface area (Å²) in [4.78, 5) is 32.2. The van der Waals surface area contributed by atoms with Gasteiger partial charge in [0.2, 0.25) is 0 Å². The van der Waals surface area contributed by atoms with E-state index < -0.39 is 6.09 Å². The summed E-state index contributed by atoms with van der Waals surface area (Å²) in [5, 5.41) is 5.89. The zero-order valence-corrected chi connectivity index (χ0v) is 23.2. The zero-order valence-electron chi connectivity index (χ0n) is 22.4. The monoisotopic (exact) mass is 543 g/mol. The lowest BCUT2D eigenvalue weighted by atomic mass is 10.1. The maximum absolute atomic E-state index is 13.3. The Hall–Kier alpha value is -4.17. The van der Waals surface area contributed by atoms with Gasteiger partial charge in [-0.1, -0.05) is 54.6 Å². The fourth-order valence-electron chi connectivity index (χ4n) is 4.05. The number of nitrogens with zero attached hydrogens (tertiary/aromatic N) is 2. The van der Waals surface area contributed by atoms with Crippen LogP contribution in [0.4, 0.5) is 4.79 Å². The quantitative estimate of drug-likeness (QED) is 0.228. The van der Waals surface area contributed by atoms with E-state index in [2.05, 4.69) is 10.3 Å². The maximum Gasteiger partial charge on any atom is 0.410 e. The van der Waals surface area contributed by atoms with Gasteiger partial charge in [0.05, 0.1) is 12.2 Å². The van der Waals surface area contributed by atoms with E-state index in [9.17, 15) is 9.59 Å². The van der Waals surface area contributed by atoms with Crippen LogP contribution in [-0.2, 0) is 24.4 Å². The molecular weight excluding hydrogens is 510 g/mol. The lowest BCUT2D eigenvalue weighted by Gasteiger charge is -2.26. The van der Waals surface area contributed by atoms with Crippen molar-refractivity contribution in [3.05, 3.63) is 107 Å². The maximum atomic E-state index is 13.3. The molecule has 0 saturated heterocycles. The Balaban J connectivity index is 1.46. The van der Waals surface area contributed by atoms with Gasteiger partial charge in [0.25, 0.3) is 5.91 Å². The predicted molar refractivity (Wildman–Crippen MR) is 154 cm³/mol. The van der Waals surface area contributed by atoms with Crippen LogP contribution >= 0.6 is 11.3 Å². The molecule has 0 aliphatic heterocycles. The molecular formula is C31H33N3O4S. The van der Waals surface area contributed by atoms with Gasteiger partial charge in [-0.25, -0.2) is 9.78 Å². The number of rotatable bonds is 11. The van der Waals surface area contributed by atoms with Gasteiger partial charge in [-0.2, -0.15) is 0 Å². The number of nitrogens with one attached hydrogen (secondary N) is 1. The van der Waals surface area contributed by atoms with Crippen molar-refractivity contribution in [2.75, 3.05) is 6.61 Å². The van der Waals surface area contributed by atoms with Crippen LogP contribution in [0.15, 0.2) is 84.4 Å². The summed E-state index contributed by atoms with van der Waals surface area (Å²) in [7, 11) is 0. The van der Waals surface area contributed by atoms with E-state index in [1.165, 1.54) is 0 Å². The number of amides is 2. The van der Waals surface area contributed by atoms with Crippen LogP contribution in [0.3, 0.4) is 0 Å². The number of carbonyl (C=O) groups excluding carboxylic acids is 2. The first-order valence-electron chi connectivity index (χ1n) is 12.9. The molecule has 0 atom stereocenters. The Morgan fingerprint density at radius 1 is 0.974 bits per heavy atom. The summed E-state index contributed by atoms with van der Waals surface area (Å²) in [5.74, 6) is 0.251. The third-order valence-electron chi connectivity index (χ3n) is 6.06. The molecule has 0 aliphatic rings. The number of ether oxygens (including phenoxy) is 2. The average Bonchev–Trinajstić information content (AvgIpc) is 3.50. The minimum atomic E-state index is -0.408. The number of aromatic nitrogens is 1. The van der Waals surface area contributed by atoms with Gasteiger partial charge in [-0.3, -0.25) is 4.79 Å². The van der Waals surface area contributed by atoms with Crippen molar-refractivity contribution >= 4 is 23.3 Å². The van der Waals surface area contributed by atoms with E-state index in [4.69, 9.17) is 9.47 Å². The summed E-state index contributed by atoms with van der Waals surface area (Å²) in [6, 6.07) is 22.9. The Bertz CT molecular complexity index is 1370. The van der Waals surface area contributed by atoms with Crippen LogP contribution in [0.2, 0.25) is 0 Å². The normalized spacial score (nSPS) is 10.8. The van der Waals surface area contributed by atoms with Gasteiger partial charge < -0.3 is 19.7 Å². The Morgan fingerprint density at radius 2 is 1.77 bits per heavy atom. The smallest absolute Gasteiger partial charge is 0.410 e. The average molecular weight is 544 g/mol. The van der Waals surface area contributed by atoms with Gasteiger partial charge in [-0.15, -0.1) is 11.3 Å². The van der Waals surface area contributed by atoms with Gasteiger partial charge in [0.15, 0.2) is 0 Å². The molecule has 8 heteroatoms. The molecule has 1 aromatic heterocycles. The van der Waals surface area contributed by atoms with E-state index in [0.29, 0.717) is 31.0 Å².